The molecule has 0 aromatic rings. The molecule has 0 unspecified atom stereocenters. The second-order valence-electron chi connectivity index (χ2n) is 6.16. The summed E-state index contributed by atoms with van der Waals surface area (Å²) in [7, 11) is 0. The molecule has 0 aromatic heterocycles. The lowest BCUT2D eigenvalue weighted by atomic mass is 9.96. The maximum Gasteiger partial charge on any atom is 0.191 e. The normalized spacial score (nSPS) is 28.0. The van der Waals surface area contributed by atoms with Crippen molar-refractivity contribution in [3.05, 3.63) is 0 Å². The summed E-state index contributed by atoms with van der Waals surface area (Å²) in [5.74, 6) is 1.69. The summed E-state index contributed by atoms with van der Waals surface area (Å²) in [6, 6.07) is 0.548. The SMILES string of the molecule is NC(=NC1CC1)N1CCC(CN2CCCC2)CC1. The van der Waals surface area contributed by atoms with Crippen molar-refractivity contribution < 1.29 is 0 Å². The van der Waals surface area contributed by atoms with Gasteiger partial charge >= 0.3 is 0 Å². The quantitative estimate of drug-likeness (QED) is 0.606. The van der Waals surface area contributed by atoms with E-state index in [0.29, 0.717) is 6.04 Å². The van der Waals surface area contributed by atoms with E-state index in [0.717, 1.165) is 25.0 Å². The molecule has 3 rings (SSSR count). The zero-order valence-electron chi connectivity index (χ0n) is 11.4. The van der Waals surface area contributed by atoms with Gasteiger partial charge in [0.05, 0.1) is 6.04 Å². The van der Waals surface area contributed by atoms with Crippen LogP contribution in [0.2, 0.25) is 0 Å². The summed E-state index contributed by atoms with van der Waals surface area (Å²) >= 11 is 0. The number of nitrogens with two attached hydrogens (primary N) is 1. The summed E-state index contributed by atoms with van der Waals surface area (Å²) in [6.07, 6.45) is 7.87. The third-order valence-electron chi connectivity index (χ3n) is 4.52. The minimum absolute atomic E-state index is 0.548. The molecular weight excluding hydrogens is 224 g/mol. The van der Waals surface area contributed by atoms with Crippen molar-refractivity contribution in [2.24, 2.45) is 16.6 Å². The molecule has 0 amide bonds. The van der Waals surface area contributed by atoms with Crippen LogP contribution in [0.4, 0.5) is 0 Å². The van der Waals surface area contributed by atoms with E-state index in [1.807, 2.05) is 0 Å². The van der Waals surface area contributed by atoms with Crippen LogP contribution in [0.25, 0.3) is 0 Å². The molecule has 0 aromatic carbocycles. The number of nitrogens with zero attached hydrogens (tertiary/aromatic N) is 3. The van der Waals surface area contributed by atoms with E-state index >= 15 is 0 Å². The van der Waals surface area contributed by atoms with Gasteiger partial charge in [0.25, 0.3) is 0 Å². The van der Waals surface area contributed by atoms with E-state index in [-0.39, 0.29) is 0 Å². The third-order valence-corrected chi connectivity index (χ3v) is 4.52. The van der Waals surface area contributed by atoms with Gasteiger partial charge in [0, 0.05) is 19.6 Å². The van der Waals surface area contributed by atoms with Crippen molar-refractivity contribution in [2.75, 3.05) is 32.7 Å². The Bertz CT molecular complexity index is 297. The van der Waals surface area contributed by atoms with Crippen molar-refractivity contribution in [3.63, 3.8) is 0 Å². The maximum atomic E-state index is 6.06. The molecule has 2 saturated heterocycles. The molecule has 0 radical (unpaired) electrons. The van der Waals surface area contributed by atoms with Crippen LogP contribution in [-0.4, -0.2) is 54.5 Å². The first-order valence-corrected chi connectivity index (χ1v) is 7.62. The second-order valence-corrected chi connectivity index (χ2v) is 6.16. The van der Waals surface area contributed by atoms with Gasteiger partial charge in [-0.1, -0.05) is 0 Å². The van der Waals surface area contributed by atoms with Crippen LogP contribution in [0.1, 0.15) is 38.5 Å². The Kier molecular flexibility index (Phi) is 3.73. The molecule has 0 spiro atoms. The lowest BCUT2D eigenvalue weighted by molar-refractivity contribution is 0.200. The smallest absolute Gasteiger partial charge is 0.191 e. The average Bonchev–Trinajstić information content (AvgIpc) is 3.04. The van der Waals surface area contributed by atoms with Gasteiger partial charge in [-0.25, -0.2) is 4.99 Å². The van der Waals surface area contributed by atoms with E-state index < -0.39 is 0 Å². The fourth-order valence-electron chi connectivity index (χ4n) is 3.15. The van der Waals surface area contributed by atoms with E-state index in [9.17, 15) is 0 Å². The zero-order chi connectivity index (χ0) is 12.4. The topological polar surface area (TPSA) is 44.9 Å². The first-order chi connectivity index (χ1) is 8.81. The Hall–Kier alpha value is -0.770. The predicted octanol–water partition coefficient (Wildman–Crippen LogP) is 1.27. The van der Waals surface area contributed by atoms with Crippen LogP contribution in [0.5, 0.6) is 0 Å². The van der Waals surface area contributed by atoms with E-state index in [1.54, 1.807) is 0 Å². The number of aliphatic imine (C=N–C) groups is 1. The zero-order valence-corrected chi connectivity index (χ0v) is 11.4. The molecule has 4 nitrogen and oxygen atoms in total. The summed E-state index contributed by atoms with van der Waals surface area (Å²) in [6.45, 7) is 6.19. The van der Waals surface area contributed by atoms with Crippen LogP contribution >= 0.6 is 0 Å². The number of rotatable bonds is 3. The maximum absolute atomic E-state index is 6.06. The molecule has 1 saturated carbocycles. The van der Waals surface area contributed by atoms with Crippen molar-refractivity contribution in [3.8, 4) is 0 Å². The number of hydrogen-bond donors (Lipinski definition) is 1. The van der Waals surface area contributed by atoms with Crippen LogP contribution in [0, 0.1) is 5.92 Å². The number of hydrogen-bond acceptors (Lipinski definition) is 2. The fraction of sp³-hybridized carbons (Fsp3) is 0.929. The molecule has 0 bridgehead atoms. The van der Waals surface area contributed by atoms with Crippen molar-refractivity contribution in [2.45, 2.75) is 44.6 Å². The fourth-order valence-corrected chi connectivity index (χ4v) is 3.15. The van der Waals surface area contributed by atoms with Gasteiger partial charge in [0.2, 0.25) is 0 Å². The van der Waals surface area contributed by atoms with E-state index in [4.69, 9.17) is 5.73 Å². The van der Waals surface area contributed by atoms with Crippen molar-refractivity contribution in [1.29, 1.82) is 0 Å². The molecule has 1 aliphatic carbocycles. The summed E-state index contributed by atoms with van der Waals surface area (Å²) in [5.41, 5.74) is 6.06. The highest BCUT2D eigenvalue weighted by molar-refractivity contribution is 5.78. The molecule has 3 fully saturated rings. The molecule has 2 heterocycles. The van der Waals surface area contributed by atoms with Gasteiger partial charge in [-0.05, 0) is 57.5 Å². The first-order valence-electron chi connectivity index (χ1n) is 7.62. The molecule has 0 atom stereocenters. The molecule has 4 heteroatoms. The minimum Gasteiger partial charge on any atom is -0.370 e. The third kappa shape index (κ3) is 3.16. The Labute approximate surface area is 110 Å². The summed E-state index contributed by atoms with van der Waals surface area (Å²) in [5, 5.41) is 0. The highest BCUT2D eigenvalue weighted by Gasteiger charge is 2.25. The van der Waals surface area contributed by atoms with Crippen LogP contribution in [0.15, 0.2) is 4.99 Å². The largest absolute Gasteiger partial charge is 0.370 e. The monoisotopic (exact) mass is 250 g/mol. The van der Waals surface area contributed by atoms with Gasteiger partial charge in [0.1, 0.15) is 0 Å². The van der Waals surface area contributed by atoms with Gasteiger partial charge < -0.3 is 15.5 Å². The van der Waals surface area contributed by atoms with Gasteiger partial charge in [-0.2, -0.15) is 0 Å². The standard InChI is InChI=1S/C14H26N4/c15-14(16-13-3-4-13)18-9-5-12(6-10-18)11-17-7-1-2-8-17/h12-13H,1-11H2,(H2,15,16). The van der Waals surface area contributed by atoms with E-state index in [1.165, 1.54) is 58.2 Å². The van der Waals surface area contributed by atoms with Gasteiger partial charge in [-0.3, -0.25) is 0 Å². The lowest BCUT2D eigenvalue weighted by Crippen LogP contribution is -2.44. The van der Waals surface area contributed by atoms with Gasteiger partial charge in [0.15, 0.2) is 5.96 Å². The van der Waals surface area contributed by atoms with Gasteiger partial charge in [-0.15, -0.1) is 0 Å². The highest BCUT2D eigenvalue weighted by Crippen LogP contribution is 2.25. The molecular formula is C14H26N4. The molecule has 2 aliphatic heterocycles. The van der Waals surface area contributed by atoms with Crippen molar-refractivity contribution in [1.82, 2.24) is 9.80 Å². The Morgan fingerprint density at radius 1 is 1.00 bits per heavy atom. The summed E-state index contributed by atoms with van der Waals surface area (Å²) in [4.78, 5) is 9.48. The Morgan fingerprint density at radius 3 is 2.28 bits per heavy atom. The van der Waals surface area contributed by atoms with Crippen LogP contribution in [-0.2, 0) is 0 Å². The van der Waals surface area contributed by atoms with Crippen LogP contribution in [0.3, 0.4) is 0 Å². The van der Waals surface area contributed by atoms with Crippen LogP contribution < -0.4 is 5.73 Å². The number of piperidine rings is 1. The molecule has 18 heavy (non-hydrogen) atoms. The average molecular weight is 250 g/mol. The summed E-state index contributed by atoms with van der Waals surface area (Å²) < 4.78 is 0. The number of guanidine groups is 1. The Balaban J connectivity index is 1.42. The minimum atomic E-state index is 0.548. The van der Waals surface area contributed by atoms with E-state index in [2.05, 4.69) is 14.8 Å². The molecule has 102 valence electrons. The highest BCUT2D eigenvalue weighted by atomic mass is 15.3. The molecule has 3 aliphatic rings. The Morgan fingerprint density at radius 2 is 1.67 bits per heavy atom. The lowest BCUT2D eigenvalue weighted by Gasteiger charge is -2.34. The first kappa shape index (κ1) is 12.3. The second kappa shape index (κ2) is 5.47. The van der Waals surface area contributed by atoms with Crippen molar-refractivity contribution >= 4 is 5.96 Å². The molecule has 2 N–H and O–H groups in total. The predicted molar refractivity (Wildman–Crippen MR) is 74.6 cm³/mol. The number of likely N-dealkylation sites (tertiary alicyclic amines) is 2.